The molecule has 0 aromatic carbocycles. The Kier molecular flexibility index (Phi) is 6.97. The van der Waals surface area contributed by atoms with Gasteiger partial charge in [0.1, 0.15) is 0 Å². The van der Waals surface area contributed by atoms with Gasteiger partial charge in [-0.3, -0.25) is 0 Å². The van der Waals surface area contributed by atoms with Crippen molar-refractivity contribution in [2.24, 2.45) is 0 Å². The molecule has 0 fully saturated rings. The molecule has 16 heavy (non-hydrogen) atoms. The summed E-state index contributed by atoms with van der Waals surface area (Å²) in [5.41, 5.74) is 2.07. The second-order valence-electron chi connectivity index (χ2n) is 3.25. The fourth-order valence-corrected chi connectivity index (χ4v) is 1.42. The summed E-state index contributed by atoms with van der Waals surface area (Å²) in [6.45, 7) is 0.980. The Hall–Kier alpha value is -0.900. The van der Waals surface area contributed by atoms with Crippen LogP contribution in [-0.2, 0) is 6.42 Å². The van der Waals surface area contributed by atoms with Crippen molar-refractivity contribution in [2.75, 3.05) is 13.6 Å². The molecular formula is C11H15Cl2N3. The Morgan fingerprint density at radius 1 is 1.25 bits per heavy atom. The van der Waals surface area contributed by atoms with Crippen molar-refractivity contribution in [3.05, 3.63) is 36.2 Å². The van der Waals surface area contributed by atoms with Crippen LogP contribution in [0.5, 0.6) is 0 Å². The lowest BCUT2D eigenvalue weighted by molar-refractivity contribution is 0.790. The van der Waals surface area contributed by atoms with Crippen LogP contribution in [0.2, 0.25) is 0 Å². The molecule has 1 N–H and O–H groups in total. The van der Waals surface area contributed by atoms with Crippen LogP contribution in [0.15, 0.2) is 30.6 Å². The first kappa shape index (κ1) is 15.1. The van der Waals surface area contributed by atoms with Crippen molar-refractivity contribution in [3.8, 4) is 0 Å². The Morgan fingerprint density at radius 3 is 2.81 bits per heavy atom. The van der Waals surface area contributed by atoms with Crippen molar-refractivity contribution in [1.82, 2.24) is 15.3 Å². The van der Waals surface area contributed by atoms with E-state index in [0.717, 1.165) is 24.0 Å². The topological polar surface area (TPSA) is 37.8 Å². The van der Waals surface area contributed by atoms with Gasteiger partial charge >= 0.3 is 0 Å². The van der Waals surface area contributed by atoms with E-state index in [9.17, 15) is 0 Å². The number of nitrogens with one attached hydrogen (secondary N) is 1. The van der Waals surface area contributed by atoms with E-state index < -0.39 is 0 Å². The Balaban J connectivity index is 0.00000112. The normalized spacial score (nSPS) is 9.31. The summed E-state index contributed by atoms with van der Waals surface area (Å²) < 4.78 is 0. The second-order valence-corrected chi connectivity index (χ2v) is 3.25. The van der Waals surface area contributed by atoms with E-state index in [0.29, 0.717) is 0 Å². The Morgan fingerprint density at radius 2 is 2.06 bits per heavy atom. The number of hydrogen-bond donors (Lipinski definition) is 1. The third-order valence-electron chi connectivity index (χ3n) is 2.17. The second kappa shape index (κ2) is 7.39. The van der Waals surface area contributed by atoms with Crippen LogP contribution in [0.4, 0.5) is 0 Å². The Bertz CT molecular complexity index is 434. The van der Waals surface area contributed by atoms with E-state index >= 15 is 0 Å². The summed E-state index contributed by atoms with van der Waals surface area (Å²) in [5.74, 6) is 0. The van der Waals surface area contributed by atoms with E-state index in [2.05, 4.69) is 21.4 Å². The fraction of sp³-hybridized carbons (Fsp3) is 0.273. The minimum Gasteiger partial charge on any atom is -0.319 e. The predicted octanol–water partition coefficient (Wildman–Crippen LogP) is 2.24. The highest BCUT2D eigenvalue weighted by molar-refractivity contribution is 5.85. The zero-order valence-electron chi connectivity index (χ0n) is 9.01. The molecule has 5 heteroatoms. The summed E-state index contributed by atoms with van der Waals surface area (Å²) in [6, 6.07) is 6.12. The maximum absolute atomic E-state index is 4.30. The van der Waals surface area contributed by atoms with Gasteiger partial charge in [0.05, 0.1) is 0 Å². The first-order chi connectivity index (χ1) is 6.90. The zero-order valence-corrected chi connectivity index (χ0v) is 10.6. The molecule has 0 aliphatic heterocycles. The van der Waals surface area contributed by atoms with Crippen LogP contribution in [0.1, 0.15) is 5.56 Å². The largest absolute Gasteiger partial charge is 0.319 e. The lowest BCUT2D eigenvalue weighted by Gasteiger charge is -2.01. The van der Waals surface area contributed by atoms with Crippen molar-refractivity contribution < 1.29 is 0 Å². The minimum absolute atomic E-state index is 0. The van der Waals surface area contributed by atoms with Crippen LogP contribution in [0, 0.1) is 0 Å². The third-order valence-corrected chi connectivity index (χ3v) is 2.17. The molecule has 0 spiro atoms. The summed E-state index contributed by atoms with van der Waals surface area (Å²) in [4.78, 5) is 8.47. The number of rotatable bonds is 3. The molecule has 2 aromatic rings. The number of fused-ring (bicyclic) bond motifs is 1. The molecule has 0 unspecified atom stereocenters. The van der Waals surface area contributed by atoms with Gasteiger partial charge in [-0.05, 0) is 43.8 Å². The highest BCUT2D eigenvalue weighted by atomic mass is 35.5. The average Bonchev–Trinajstić information content (AvgIpc) is 2.26. The zero-order chi connectivity index (χ0) is 9.80. The smallest absolute Gasteiger partial charge is 0.159 e. The summed E-state index contributed by atoms with van der Waals surface area (Å²) in [5, 5.41) is 4.23. The molecule has 0 saturated carbocycles. The van der Waals surface area contributed by atoms with Crippen LogP contribution in [0.3, 0.4) is 0 Å². The quantitative estimate of drug-likeness (QED) is 0.919. The van der Waals surface area contributed by atoms with Crippen molar-refractivity contribution in [1.29, 1.82) is 0 Å². The summed E-state index contributed by atoms with van der Waals surface area (Å²) in [6.07, 6.45) is 4.67. The molecule has 2 aromatic heterocycles. The van der Waals surface area contributed by atoms with Gasteiger partial charge in [0.25, 0.3) is 0 Å². The van der Waals surface area contributed by atoms with Gasteiger partial charge in [0.15, 0.2) is 5.65 Å². The molecule has 0 aliphatic rings. The monoisotopic (exact) mass is 259 g/mol. The maximum Gasteiger partial charge on any atom is 0.159 e. The number of nitrogens with zero attached hydrogens (tertiary/aromatic N) is 2. The first-order valence-corrected chi connectivity index (χ1v) is 4.74. The van der Waals surface area contributed by atoms with Crippen molar-refractivity contribution in [3.63, 3.8) is 0 Å². The van der Waals surface area contributed by atoms with Gasteiger partial charge in [-0.1, -0.05) is 0 Å². The van der Waals surface area contributed by atoms with E-state index in [1.807, 2.05) is 25.4 Å². The third kappa shape index (κ3) is 3.59. The molecule has 0 bridgehead atoms. The van der Waals surface area contributed by atoms with Gasteiger partial charge in [-0.15, -0.1) is 24.8 Å². The molecule has 2 rings (SSSR count). The van der Waals surface area contributed by atoms with E-state index in [-0.39, 0.29) is 24.8 Å². The molecule has 0 saturated heterocycles. The number of pyridine rings is 2. The van der Waals surface area contributed by atoms with Gasteiger partial charge in [-0.2, -0.15) is 0 Å². The van der Waals surface area contributed by atoms with E-state index in [1.54, 1.807) is 6.20 Å². The molecule has 0 aliphatic carbocycles. The number of aromatic nitrogens is 2. The number of hydrogen-bond acceptors (Lipinski definition) is 3. The summed E-state index contributed by atoms with van der Waals surface area (Å²) >= 11 is 0. The molecular weight excluding hydrogens is 245 g/mol. The molecule has 2 heterocycles. The van der Waals surface area contributed by atoms with Crippen LogP contribution >= 0.6 is 24.8 Å². The molecule has 0 amide bonds. The predicted molar refractivity (Wildman–Crippen MR) is 71.7 cm³/mol. The van der Waals surface area contributed by atoms with Crippen molar-refractivity contribution >= 4 is 35.8 Å². The van der Waals surface area contributed by atoms with Crippen LogP contribution in [-0.4, -0.2) is 23.6 Å². The SMILES string of the molecule is CNCCc1cnc2ncccc2c1.Cl.Cl. The highest BCUT2D eigenvalue weighted by Gasteiger charge is 1.97. The van der Waals surface area contributed by atoms with Gasteiger partial charge < -0.3 is 5.32 Å². The molecule has 88 valence electrons. The highest BCUT2D eigenvalue weighted by Crippen LogP contribution is 2.10. The molecule has 0 atom stereocenters. The number of halogens is 2. The van der Waals surface area contributed by atoms with Crippen LogP contribution in [0.25, 0.3) is 11.0 Å². The van der Waals surface area contributed by atoms with Gasteiger partial charge in [-0.25, -0.2) is 9.97 Å². The lowest BCUT2D eigenvalue weighted by atomic mass is 10.1. The number of likely N-dealkylation sites (N-methyl/N-ethyl adjacent to an activating group) is 1. The fourth-order valence-electron chi connectivity index (χ4n) is 1.42. The average molecular weight is 260 g/mol. The lowest BCUT2D eigenvalue weighted by Crippen LogP contribution is -2.10. The first-order valence-electron chi connectivity index (χ1n) is 4.74. The van der Waals surface area contributed by atoms with E-state index in [1.165, 1.54) is 5.56 Å². The van der Waals surface area contributed by atoms with Gasteiger partial charge in [0.2, 0.25) is 0 Å². The Labute approximate surface area is 108 Å². The standard InChI is InChI=1S/C11H13N3.2ClH/c1-12-6-4-9-7-10-3-2-5-13-11(10)14-8-9;;/h2-3,5,7-8,12H,4,6H2,1H3;2*1H. The van der Waals surface area contributed by atoms with Crippen molar-refractivity contribution in [2.45, 2.75) is 6.42 Å². The maximum atomic E-state index is 4.30. The summed E-state index contributed by atoms with van der Waals surface area (Å²) in [7, 11) is 1.95. The van der Waals surface area contributed by atoms with Crippen LogP contribution < -0.4 is 5.32 Å². The molecule has 0 radical (unpaired) electrons. The minimum atomic E-state index is 0. The van der Waals surface area contributed by atoms with Gasteiger partial charge in [0, 0.05) is 17.8 Å². The molecule has 3 nitrogen and oxygen atoms in total. The van der Waals surface area contributed by atoms with E-state index in [4.69, 9.17) is 0 Å².